The first-order chi connectivity index (χ1) is 11.5. The van der Waals surface area contributed by atoms with E-state index in [1.807, 2.05) is 19.1 Å². The van der Waals surface area contributed by atoms with Crippen LogP contribution in [0.3, 0.4) is 0 Å². The highest BCUT2D eigenvalue weighted by atomic mass is 16.4. The van der Waals surface area contributed by atoms with E-state index in [0.29, 0.717) is 5.69 Å². The number of aliphatic carboxylic acids is 1. The Morgan fingerprint density at radius 3 is 2.58 bits per heavy atom. The number of nitrogens with one attached hydrogen (secondary N) is 1. The van der Waals surface area contributed by atoms with Gasteiger partial charge in [-0.1, -0.05) is 37.6 Å². The maximum Gasteiger partial charge on any atom is 0.305 e. The molecule has 0 radical (unpaired) electrons. The minimum atomic E-state index is -0.919. The van der Waals surface area contributed by atoms with Gasteiger partial charge in [-0.3, -0.25) is 14.3 Å². The van der Waals surface area contributed by atoms with Crippen LogP contribution in [0.4, 0.5) is 0 Å². The topological polar surface area (TPSA) is 84.2 Å². The Hall–Kier alpha value is -2.63. The van der Waals surface area contributed by atoms with Crippen molar-refractivity contribution in [1.29, 1.82) is 0 Å². The lowest BCUT2D eigenvalue weighted by Gasteiger charge is -2.15. The monoisotopic (exact) mass is 329 g/mol. The lowest BCUT2D eigenvalue weighted by Crippen LogP contribution is -2.29. The molecule has 128 valence electrons. The average molecular weight is 329 g/mol. The number of hydrogen-bond donors (Lipinski definition) is 2. The van der Waals surface area contributed by atoms with Gasteiger partial charge in [0.15, 0.2) is 0 Å². The van der Waals surface area contributed by atoms with Gasteiger partial charge in [-0.25, -0.2) is 0 Å². The molecule has 24 heavy (non-hydrogen) atoms. The van der Waals surface area contributed by atoms with E-state index >= 15 is 0 Å². The van der Waals surface area contributed by atoms with E-state index in [-0.39, 0.29) is 24.9 Å². The molecule has 0 saturated heterocycles. The molecule has 0 bridgehead atoms. The van der Waals surface area contributed by atoms with Gasteiger partial charge >= 0.3 is 5.97 Å². The Morgan fingerprint density at radius 1 is 1.25 bits per heavy atom. The SMILES string of the molecule is CCCc1ccc(C(C)NC(=O)c2ccnn2CCC(=O)O)cc1. The van der Waals surface area contributed by atoms with Crippen LogP contribution in [0.2, 0.25) is 0 Å². The minimum absolute atomic E-state index is 0.0730. The number of aromatic nitrogens is 2. The number of carboxylic acid groups (broad SMARTS) is 1. The van der Waals surface area contributed by atoms with Crippen LogP contribution >= 0.6 is 0 Å². The molecule has 2 aromatic rings. The highest BCUT2D eigenvalue weighted by Gasteiger charge is 2.16. The summed E-state index contributed by atoms with van der Waals surface area (Å²) in [5, 5.41) is 15.7. The summed E-state index contributed by atoms with van der Waals surface area (Å²) in [5.74, 6) is -1.18. The van der Waals surface area contributed by atoms with Crippen molar-refractivity contribution in [2.45, 2.75) is 45.7 Å². The molecule has 1 aromatic carbocycles. The first-order valence-electron chi connectivity index (χ1n) is 8.14. The Labute approximate surface area is 141 Å². The van der Waals surface area contributed by atoms with E-state index in [0.717, 1.165) is 18.4 Å². The van der Waals surface area contributed by atoms with Crippen molar-refractivity contribution in [3.05, 3.63) is 53.3 Å². The van der Waals surface area contributed by atoms with Gasteiger partial charge in [0.25, 0.3) is 5.91 Å². The number of benzene rings is 1. The summed E-state index contributed by atoms with van der Waals surface area (Å²) in [5.41, 5.74) is 2.68. The van der Waals surface area contributed by atoms with Crippen LogP contribution in [0.5, 0.6) is 0 Å². The van der Waals surface area contributed by atoms with Gasteiger partial charge in [-0.05, 0) is 30.5 Å². The molecule has 0 fully saturated rings. The molecule has 0 spiro atoms. The van der Waals surface area contributed by atoms with Crippen LogP contribution in [0, 0.1) is 0 Å². The molecule has 2 rings (SSSR count). The van der Waals surface area contributed by atoms with E-state index in [4.69, 9.17) is 5.11 Å². The van der Waals surface area contributed by atoms with Gasteiger partial charge < -0.3 is 10.4 Å². The number of carboxylic acids is 1. The van der Waals surface area contributed by atoms with E-state index in [2.05, 4.69) is 29.5 Å². The Balaban J connectivity index is 2.01. The second-order valence-corrected chi connectivity index (χ2v) is 5.77. The average Bonchev–Trinajstić information content (AvgIpc) is 3.02. The van der Waals surface area contributed by atoms with Gasteiger partial charge in [0.05, 0.1) is 19.0 Å². The smallest absolute Gasteiger partial charge is 0.305 e. The summed E-state index contributed by atoms with van der Waals surface area (Å²) >= 11 is 0. The minimum Gasteiger partial charge on any atom is -0.481 e. The van der Waals surface area contributed by atoms with Crippen molar-refractivity contribution < 1.29 is 14.7 Å². The number of rotatable bonds is 8. The number of carbonyl (C=O) groups excluding carboxylic acids is 1. The first-order valence-corrected chi connectivity index (χ1v) is 8.14. The zero-order chi connectivity index (χ0) is 17.5. The molecule has 1 aromatic heterocycles. The Bertz CT molecular complexity index is 692. The fourth-order valence-electron chi connectivity index (χ4n) is 2.52. The largest absolute Gasteiger partial charge is 0.481 e. The Kier molecular flexibility index (Phi) is 6.12. The van der Waals surface area contributed by atoms with E-state index in [9.17, 15) is 9.59 Å². The molecule has 1 heterocycles. The number of hydrogen-bond acceptors (Lipinski definition) is 3. The van der Waals surface area contributed by atoms with Crippen molar-refractivity contribution in [1.82, 2.24) is 15.1 Å². The number of nitrogens with zero attached hydrogens (tertiary/aromatic N) is 2. The predicted molar refractivity (Wildman–Crippen MR) is 90.8 cm³/mol. The normalized spacial score (nSPS) is 11.9. The summed E-state index contributed by atoms with van der Waals surface area (Å²) < 4.78 is 1.42. The summed E-state index contributed by atoms with van der Waals surface area (Å²) in [6.07, 6.45) is 3.58. The maximum atomic E-state index is 12.4. The molecule has 0 saturated carbocycles. The Morgan fingerprint density at radius 2 is 1.96 bits per heavy atom. The van der Waals surface area contributed by atoms with Crippen molar-refractivity contribution >= 4 is 11.9 Å². The summed E-state index contributed by atoms with van der Waals surface area (Å²) in [4.78, 5) is 23.1. The number of amides is 1. The first kappa shape index (κ1) is 17.7. The van der Waals surface area contributed by atoms with Crippen LogP contribution in [0.1, 0.15) is 54.3 Å². The molecule has 1 amide bonds. The van der Waals surface area contributed by atoms with Gasteiger partial charge in [-0.2, -0.15) is 5.10 Å². The van der Waals surface area contributed by atoms with Crippen molar-refractivity contribution in [2.75, 3.05) is 0 Å². The number of aryl methyl sites for hydroxylation is 2. The molecule has 2 N–H and O–H groups in total. The van der Waals surface area contributed by atoms with Crippen LogP contribution < -0.4 is 5.32 Å². The molecule has 0 aliphatic heterocycles. The van der Waals surface area contributed by atoms with E-state index in [1.54, 1.807) is 6.07 Å². The van der Waals surface area contributed by atoms with Crippen LogP contribution in [-0.4, -0.2) is 26.8 Å². The molecule has 1 atom stereocenters. The summed E-state index contributed by atoms with van der Waals surface area (Å²) in [6, 6.07) is 9.66. The zero-order valence-corrected chi connectivity index (χ0v) is 14.0. The summed E-state index contributed by atoms with van der Waals surface area (Å²) in [7, 11) is 0. The molecule has 6 nitrogen and oxygen atoms in total. The van der Waals surface area contributed by atoms with Crippen LogP contribution in [0.25, 0.3) is 0 Å². The van der Waals surface area contributed by atoms with E-state index < -0.39 is 5.97 Å². The lowest BCUT2D eigenvalue weighted by molar-refractivity contribution is -0.137. The van der Waals surface area contributed by atoms with E-state index in [1.165, 1.54) is 16.4 Å². The van der Waals surface area contributed by atoms with Crippen molar-refractivity contribution in [3.63, 3.8) is 0 Å². The van der Waals surface area contributed by atoms with Gasteiger partial charge in [0.2, 0.25) is 0 Å². The van der Waals surface area contributed by atoms with Gasteiger partial charge in [0, 0.05) is 6.20 Å². The second kappa shape index (κ2) is 8.29. The maximum absolute atomic E-state index is 12.4. The zero-order valence-electron chi connectivity index (χ0n) is 14.0. The second-order valence-electron chi connectivity index (χ2n) is 5.77. The highest BCUT2D eigenvalue weighted by molar-refractivity contribution is 5.92. The van der Waals surface area contributed by atoms with Gasteiger partial charge in [0.1, 0.15) is 5.69 Å². The molecule has 1 unspecified atom stereocenters. The summed E-state index contributed by atoms with van der Waals surface area (Å²) in [6.45, 7) is 4.24. The molecular weight excluding hydrogens is 306 g/mol. The van der Waals surface area contributed by atoms with Gasteiger partial charge in [-0.15, -0.1) is 0 Å². The molecule has 0 aliphatic rings. The quantitative estimate of drug-likeness (QED) is 0.780. The van der Waals surface area contributed by atoms with Crippen LogP contribution in [0.15, 0.2) is 36.5 Å². The lowest BCUT2D eigenvalue weighted by atomic mass is 10.0. The molecule has 0 aliphatic carbocycles. The van der Waals surface area contributed by atoms with Crippen LogP contribution in [-0.2, 0) is 17.8 Å². The predicted octanol–water partition coefficient (Wildman–Crippen LogP) is 2.80. The standard InChI is InChI=1S/C18H23N3O3/c1-3-4-14-5-7-15(8-6-14)13(2)20-18(24)16-9-11-19-21(16)12-10-17(22)23/h5-9,11,13H,3-4,10,12H2,1-2H3,(H,20,24)(H,22,23). The molecular formula is C18H23N3O3. The fourth-order valence-corrected chi connectivity index (χ4v) is 2.52. The third-order valence-corrected chi connectivity index (χ3v) is 3.85. The highest BCUT2D eigenvalue weighted by Crippen LogP contribution is 2.15. The third-order valence-electron chi connectivity index (χ3n) is 3.85. The number of carbonyl (C=O) groups is 2. The fraction of sp³-hybridized carbons (Fsp3) is 0.389. The van der Waals surface area contributed by atoms with Crippen molar-refractivity contribution in [2.24, 2.45) is 0 Å². The van der Waals surface area contributed by atoms with Crippen molar-refractivity contribution in [3.8, 4) is 0 Å². The third kappa shape index (κ3) is 4.68. The molecule has 6 heteroatoms.